The van der Waals surface area contributed by atoms with Gasteiger partial charge < -0.3 is 10.1 Å². The summed E-state index contributed by atoms with van der Waals surface area (Å²) in [6.07, 6.45) is 0. The van der Waals surface area contributed by atoms with Gasteiger partial charge in [-0.3, -0.25) is 10.1 Å². The monoisotopic (exact) mass is 292 g/mol. The first-order valence-corrected chi connectivity index (χ1v) is 6.97. The number of hydrogen-bond acceptors (Lipinski definition) is 5. The van der Waals surface area contributed by atoms with Gasteiger partial charge in [0, 0.05) is 27.6 Å². The molecule has 1 aromatic carbocycles. The van der Waals surface area contributed by atoms with Crippen LogP contribution in [0.3, 0.4) is 0 Å². The molecule has 1 heterocycles. The van der Waals surface area contributed by atoms with E-state index in [0.717, 1.165) is 0 Å². The van der Waals surface area contributed by atoms with E-state index in [1.807, 2.05) is 6.92 Å². The first-order valence-electron chi connectivity index (χ1n) is 6.16. The van der Waals surface area contributed by atoms with Gasteiger partial charge in [0.1, 0.15) is 5.75 Å². The molecule has 1 atom stereocenters. The van der Waals surface area contributed by atoms with Gasteiger partial charge in [-0.05, 0) is 26.0 Å². The maximum atomic E-state index is 10.9. The van der Waals surface area contributed by atoms with E-state index in [9.17, 15) is 10.1 Å². The average Bonchev–Trinajstić information content (AvgIpc) is 2.85. The Kier molecular flexibility index (Phi) is 4.24. The number of non-ortho nitro benzene ring substituents is 1. The highest BCUT2D eigenvalue weighted by atomic mass is 32.1. The molecule has 0 fully saturated rings. The van der Waals surface area contributed by atoms with Gasteiger partial charge in [-0.1, -0.05) is 0 Å². The highest BCUT2D eigenvalue weighted by Gasteiger charge is 2.13. The second-order valence-corrected chi connectivity index (χ2v) is 5.81. The Balaban J connectivity index is 2.24. The van der Waals surface area contributed by atoms with Crippen molar-refractivity contribution >= 4 is 22.7 Å². The van der Waals surface area contributed by atoms with E-state index in [4.69, 9.17) is 4.74 Å². The lowest BCUT2D eigenvalue weighted by Crippen LogP contribution is -2.05. The molecular formula is C14H16N2O3S. The molecule has 2 aromatic rings. The van der Waals surface area contributed by atoms with Gasteiger partial charge in [-0.25, -0.2) is 0 Å². The minimum atomic E-state index is -0.423. The molecule has 0 aliphatic carbocycles. The van der Waals surface area contributed by atoms with Crippen molar-refractivity contribution in [1.29, 1.82) is 0 Å². The molecule has 1 unspecified atom stereocenters. The summed E-state index contributed by atoms with van der Waals surface area (Å²) >= 11 is 1.71. The lowest BCUT2D eigenvalue weighted by Gasteiger charge is -2.14. The van der Waals surface area contributed by atoms with Crippen LogP contribution in [0.1, 0.15) is 22.7 Å². The molecule has 6 heteroatoms. The highest BCUT2D eigenvalue weighted by Crippen LogP contribution is 2.30. The summed E-state index contributed by atoms with van der Waals surface area (Å²) in [5, 5.41) is 14.2. The second-order valence-electron chi connectivity index (χ2n) is 4.49. The molecule has 0 saturated heterocycles. The molecule has 0 aliphatic heterocycles. The number of nitro groups is 1. The summed E-state index contributed by atoms with van der Waals surface area (Å²) in [7, 11) is 1.49. The number of thiophene rings is 1. The van der Waals surface area contributed by atoms with Gasteiger partial charge in [-0.15, -0.1) is 11.3 Å². The number of nitrogens with one attached hydrogen (secondary N) is 1. The molecule has 0 saturated carbocycles. The summed E-state index contributed by atoms with van der Waals surface area (Å²) in [6, 6.07) is 8.88. The largest absolute Gasteiger partial charge is 0.496 e. The quantitative estimate of drug-likeness (QED) is 0.664. The fourth-order valence-electron chi connectivity index (χ4n) is 1.90. The summed E-state index contributed by atoms with van der Waals surface area (Å²) in [4.78, 5) is 12.9. The fraction of sp³-hybridized carbons (Fsp3) is 0.286. The van der Waals surface area contributed by atoms with Gasteiger partial charge in [0.15, 0.2) is 0 Å². The zero-order valence-electron chi connectivity index (χ0n) is 11.5. The standard InChI is InChI=1S/C14H16N2O3S/c1-9-4-5-14(20-9)10(2)15-11-6-12(16(17)18)8-13(7-11)19-3/h4-8,10,15H,1-3H3. The van der Waals surface area contributed by atoms with E-state index in [1.165, 1.54) is 29.0 Å². The predicted molar refractivity (Wildman–Crippen MR) is 80.7 cm³/mol. The van der Waals surface area contributed by atoms with Crippen LogP contribution < -0.4 is 10.1 Å². The number of aryl methyl sites for hydroxylation is 1. The second kappa shape index (κ2) is 5.92. The smallest absolute Gasteiger partial charge is 0.275 e. The van der Waals surface area contributed by atoms with Gasteiger partial charge in [0.2, 0.25) is 0 Å². The Morgan fingerprint density at radius 2 is 2.10 bits per heavy atom. The molecule has 20 heavy (non-hydrogen) atoms. The van der Waals surface area contributed by atoms with Crippen molar-refractivity contribution in [1.82, 2.24) is 0 Å². The maximum Gasteiger partial charge on any atom is 0.275 e. The Morgan fingerprint density at radius 3 is 2.65 bits per heavy atom. The number of ether oxygens (including phenoxy) is 1. The summed E-state index contributed by atoms with van der Waals surface area (Å²) in [5.41, 5.74) is 0.691. The molecule has 0 bridgehead atoms. The normalized spacial score (nSPS) is 11.9. The highest BCUT2D eigenvalue weighted by molar-refractivity contribution is 7.12. The third-order valence-electron chi connectivity index (χ3n) is 2.91. The van der Waals surface area contributed by atoms with Crippen LogP contribution in [0.2, 0.25) is 0 Å². The lowest BCUT2D eigenvalue weighted by atomic mass is 10.2. The molecule has 5 nitrogen and oxygen atoms in total. The number of nitrogens with zero attached hydrogens (tertiary/aromatic N) is 1. The van der Waals surface area contributed by atoms with E-state index in [0.29, 0.717) is 11.4 Å². The van der Waals surface area contributed by atoms with Crippen LogP contribution in [0.15, 0.2) is 30.3 Å². The van der Waals surface area contributed by atoms with E-state index >= 15 is 0 Å². The molecule has 0 aliphatic rings. The molecule has 106 valence electrons. The average molecular weight is 292 g/mol. The fourth-order valence-corrected chi connectivity index (χ4v) is 2.78. The minimum Gasteiger partial charge on any atom is -0.496 e. The zero-order chi connectivity index (χ0) is 14.7. The number of methoxy groups -OCH3 is 1. The number of benzene rings is 1. The SMILES string of the molecule is COc1cc(NC(C)c2ccc(C)s2)cc([N+](=O)[O-])c1. The topological polar surface area (TPSA) is 64.4 Å². The molecular weight excluding hydrogens is 276 g/mol. The zero-order valence-corrected chi connectivity index (χ0v) is 12.4. The number of anilines is 1. The van der Waals surface area contributed by atoms with Crippen molar-refractivity contribution in [2.45, 2.75) is 19.9 Å². The Bertz CT molecular complexity index is 625. The van der Waals surface area contributed by atoms with Crippen molar-refractivity contribution in [2.75, 3.05) is 12.4 Å². The van der Waals surface area contributed by atoms with Crippen molar-refractivity contribution in [3.8, 4) is 5.75 Å². The Hall–Kier alpha value is -2.08. The van der Waals surface area contributed by atoms with E-state index in [2.05, 4.69) is 24.4 Å². The molecule has 1 aromatic heterocycles. The van der Waals surface area contributed by atoms with E-state index in [1.54, 1.807) is 17.4 Å². The van der Waals surface area contributed by atoms with Crippen molar-refractivity contribution in [3.63, 3.8) is 0 Å². The van der Waals surface area contributed by atoms with Crippen LogP contribution in [-0.2, 0) is 0 Å². The first kappa shape index (κ1) is 14.3. The maximum absolute atomic E-state index is 10.9. The number of nitro benzene ring substituents is 1. The van der Waals surface area contributed by atoms with Crippen molar-refractivity contribution in [3.05, 3.63) is 50.2 Å². The number of rotatable bonds is 5. The first-order chi connectivity index (χ1) is 9.49. The lowest BCUT2D eigenvalue weighted by molar-refractivity contribution is -0.384. The van der Waals surface area contributed by atoms with Crippen LogP contribution in [0.5, 0.6) is 5.75 Å². The van der Waals surface area contributed by atoms with Crippen LogP contribution >= 0.6 is 11.3 Å². The Morgan fingerprint density at radius 1 is 1.35 bits per heavy atom. The molecule has 0 spiro atoms. The summed E-state index contributed by atoms with van der Waals surface area (Å²) < 4.78 is 5.10. The molecule has 1 N–H and O–H groups in total. The van der Waals surface area contributed by atoms with Crippen molar-refractivity contribution < 1.29 is 9.66 Å². The third kappa shape index (κ3) is 3.27. The summed E-state index contributed by atoms with van der Waals surface area (Å²) in [6.45, 7) is 4.08. The molecule has 0 radical (unpaired) electrons. The van der Waals surface area contributed by atoms with Crippen LogP contribution in [0, 0.1) is 17.0 Å². The third-order valence-corrected chi connectivity index (χ3v) is 4.09. The van der Waals surface area contributed by atoms with Gasteiger partial charge >= 0.3 is 0 Å². The minimum absolute atomic E-state index is 0.0152. The predicted octanol–water partition coefficient (Wildman–Crippen LogP) is 4.15. The van der Waals surface area contributed by atoms with Gasteiger partial charge in [0.25, 0.3) is 5.69 Å². The van der Waals surface area contributed by atoms with Gasteiger partial charge in [-0.2, -0.15) is 0 Å². The molecule has 2 rings (SSSR count). The van der Waals surface area contributed by atoms with Gasteiger partial charge in [0.05, 0.1) is 24.1 Å². The van der Waals surface area contributed by atoms with Crippen LogP contribution in [0.4, 0.5) is 11.4 Å². The Labute approximate surface area is 121 Å². The van der Waals surface area contributed by atoms with Crippen LogP contribution in [-0.4, -0.2) is 12.0 Å². The number of hydrogen-bond donors (Lipinski definition) is 1. The van der Waals surface area contributed by atoms with Crippen molar-refractivity contribution in [2.24, 2.45) is 0 Å². The summed E-state index contributed by atoms with van der Waals surface area (Å²) in [5.74, 6) is 0.469. The van der Waals surface area contributed by atoms with E-state index in [-0.39, 0.29) is 11.7 Å². The van der Waals surface area contributed by atoms with Crippen LogP contribution in [0.25, 0.3) is 0 Å². The molecule has 0 amide bonds. The van der Waals surface area contributed by atoms with E-state index < -0.39 is 4.92 Å².